The molecule has 2 heteroatoms. The minimum Gasteiger partial charge on any atom is -0.397 e. The minimum absolute atomic E-state index is 0.846. The van der Waals surface area contributed by atoms with E-state index in [1.807, 2.05) is 12.1 Å². The highest BCUT2D eigenvalue weighted by molar-refractivity contribution is 5.67. The number of hydrogen-bond donors (Lipinski definition) is 1. The number of nitrogens with zero attached hydrogens (tertiary/aromatic N) is 1. The molecule has 2 N–H and O–H groups in total. The van der Waals surface area contributed by atoms with Crippen molar-refractivity contribution in [3.8, 4) is 0 Å². The van der Waals surface area contributed by atoms with Gasteiger partial charge in [-0.15, -0.1) is 0 Å². The Morgan fingerprint density at radius 2 is 2.20 bits per heavy atom. The van der Waals surface area contributed by atoms with Crippen molar-refractivity contribution in [3.63, 3.8) is 0 Å². The molecule has 1 aromatic rings. The van der Waals surface area contributed by atoms with Crippen LogP contribution in [0.4, 0.5) is 11.4 Å². The number of anilines is 2. The summed E-state index contributed by atoms with van der Waals surface area (Å²) < 4.78 is 0. The molecule has 15 heavy (non-hydrogen) atoms. The first-order chi connectivity index (χ1) is 7.31. The smallest absolute Gasteiger partial charge is 0.0600 e. The first-order valence-electron chi connectivity index (χ1n) is 5.90. The second-order valence-corrected chi connectivity index (χ2v) is 4.42. The molecule has 2 nitrogen and oxygen atoms in total. The van der Waals surface area contributed by atoms with Gasteiger partial charge >= 0.3 is 0 Å². The van der Waals surface area contributed by atoms with Gasteiger partial charge in [0, 0.05) is 13.1 Å². The highest BCUT2D eigenvalue weighted by Gasteiger charge is 2.19. The van der Waals surface area contributed by atoms with E-state index < -0.39 is 0 Å². The van der Waals surface area contributed by atoms with Crippen molar-refractivity contribution in [1.29, 1.82) is 0 Å². The lowest BCUT2D eigenvalue weighted by molar-refractivity contribution is 0.405. The normalized spacial score (nSPS) is 21.7. The summed E-state index contributed by atoms with van der Waals surface area (Å²) in [6, 6.07) is 8.19. The van der Waals surface area contributed by atoms with E-state index in [4.69, 9.17) is 5.73 Å². The van der Waals surface area contributed by atoms with Crippen molar-refractivity contribution in [2.75, 3.05) is 23.7 Å². The summed E-state index contributed by atoms with van der Waals surface area (Å²) in [4.78, 5) is 2.44. The van der Waals surface area contributed by atoms with Crippen molar-refractivity contribution in [2.45, 2.75) is 26.2 Å². The van der Waals surface area contributed by atoms with Gasteiger partial charge in [-0.1, -0.05) is 25.5 Å². The van der Waals surface area contributed by atoms with E-state index in [1.54, 1.807) is 0 Å². The summed E-state index contributed by atoms with van der Waals surface area (Å²) in [7, 11) is 0. The molecule has 1 heterocycles. The van der Waals surface area contributed by atoms with Crippen LogP contribution in [0.2, 0.25) is 0 Å². The molecule has 1 saturated heterocycles. The lowest BCUT2D eigenvalue weighted by atomic mass is 9.95. The van der Waals surface area contributed by atoms with Crippen molar-refractivity contribution in [3.05, 3.63) is 24.3 Å². The van der Waals surface area contributed by atoms with Gasteiger partial charge in [-0.25, -0.2) is 0 Å². The predicted octanol–water partition coefficient (Wildman–Crippen LogP) is 2.90. The summed E-state index contributed by atoms with van der Waals surface area (Å²) in [6.07, 6.45) is 3.95. The van der Waals surface area contributed by atoms with Crippen LogP contribution >= 0.6 is 0 Å². The number of hydrogen-bond acceptors (Lipinski definition) is 2. The molecule has 0 aromatic heterocycles. The Hall–Kier alpha value is -1.18. The van der Waals surface area contributed by atoms with E-state index in [-0.39, 0.29) is 0 Å². The quantitative estimate of drug-likeness (QED) is 0.750. The molecule has 0 saturated carbocycles. The fourth-order valence-corrected chi connectivity index (χ4v) is 2.39. The van der Waals surface area contributed by atoms with Gasteiger partial charge in [-0.2, -0.15) is 0 Å². The Bertz CT molecular complexity index is 322. The SMILES string of the molecule is CCC1CCCN(c2ccccc2N)C1. The monoisotopic (exact) mass is 204 g/mol. The molecule has 1 unspecified atom stereocenters. The second kappa shape index (κ2) is 4.56. The Balaban J connectivity index is 2.13. The molecule has 0 spiro atoms. The van der Waals surface area contributed by atoms with E-state index in [2.05, 4.69) is 24.0 Å². The average Bonchev–Trinajstić information content (AvgIpc) is 2.30. The van der Waals surface area contributed by atoms with E-state index in [0.29, 0.717) is 0 Å². The summed E-state index contributed by atoms with van der Waals surface area (Å²) in [5.74, 6) is 0.846. The molecule has 82 valence electrons. The predicted molar refractivity (Wildman–Crippen MR) is 66.1 cm³/mol. The highest BCUT2D eigenvalue weighted by atomic mass is 15.1. The first-order valence-corrected chi connectivity index (χ1v) is 5.90. The summed E-state index contributed by atoms with van der Waals surface area (Å²) >= 11 is 0. The van der Waals surface area contributed by atoms with Gasteiger partial charge < -0.3 is 10.6 Å². The molecule has 1 aliphatic heterocycles. The van der Waals surface area contributed by atoms with Crippen LogP contribution in [0.5, 0.6) is 0 Å². The van der Waals surface area contributed by atoms with Crippen LogP contribution in [0.15, 0.2) is 24.3 Å². The zero-order chi connectivity index (χ0) is 10.7. The van der Waals surface area contributed by atoms with Gasteiger partial charge in [0.1, 0.15) is 0 Å². The van der Waals surface area contributed by atoms with E-state index in [1.165, 1.54) is 31.5 Å². The molecular weight excluding hydrogens is 184 g/mol. The average molecular weight is 204 g/mol. The van der Waals surface area contributed by atoms with Crippen LogP contribution in [0.25, 0.3) is 0 Å². The third-order valence-electron chi connectivity index (χ3n) is 3.37. The molecular formula is C13H20N2. The summed E-state index contributed by atoms with van der Waals surface area (Å²) in [5.41, 5.74) is 8.13. The van der Waals surface area contributed by atoms with Gasteiger partial charge in [0.25, 0.3) is 0 Å². The standard InChI is InChI=1S/C13H20N2/c1-2-11-6-5-9-15(10-11)13-8-4-3-7-12(13)14/h3-4,7-8,11H,2,5-6,9-10,14H2,1H3. The van der Waals surface area contributed by atoms with Gasteiger partial charge in [0.15, 0.2) is 0 Å². The third-order valence-corrected chi connectivity index (χ3v) is 3.37. The molecule has 0 aliphatic carbocycles. The van der Waals surface area contributed by atoms with Crippen molar-refractivity contribution in [1.82, 2.24) is 0 Å². The van der Waals surface area contributed by atoms with Gasteiger partial charge in [0.2, 0.25) is 0 Å². The molecule has 1 fully saturated rings. The third kappa shape index (κ3) is 2.25. The largest absolute Gasteiger partial charge is 0.397 e. The maximum absolute atomic E-state index is 6.00. The summed E-state index contributed by atoms with van der Waals surface area (Å²) in [5, 5.41) is 0. The zero-order valence-electron chi connectivity index (χ0n) is 9.45. The molecule has 0 amide bonds. The molecule has 1 aromatic carbocycles. The number of nitrogen functional groups attached to an aromatic ring is 1. The second-order valence-electron chi connectivity index (χ2n) is 4.42. The Labute approximate surface area is 92.1 Å². The van der Waals surface area contributed by atoms with Crippen LogP contribution in [0.3, 0.4) is 0 Å². The van der Waals surface area contributed by atoms with Gasteiger partial charge in [0.05, 0.1) is 11.4 Å². The number of rotatable bonds is 2. The van der Waals surface area contributed by atoms with Crippen LogP contribution < -0.4 is 10.6 Å². The fraction of sp³-hybridized carbons (Fsp3) is 0.538. The molecule has 1 aliphatic rings. The van der Waals surface area contributed by atoms with Crippen LogP contribution in [0.1, 0.15) is 26.2 Å². The maximum atomic E-state index is 6.00. The molecule has 0 bridgehead atoms. The van der Waals surface area contributed by atoms with Crippen LogP contribution in [-0.4, -0.2) is 13.1 Å². The Morgan fingerprint density at radius 3 is 2.93 bits per heavy atom. The highest BCUT2D eigenvalue weighted by Crippen LogP contribution is 2.28. The van der Waals surface area contributed by atoms with E-state index in [0.717, 1.165) is 18.2 Å². The van der Waals surface area contributed by atoms with Gasteiger partial charge in [-0.3, -0.25) is 0 Å². The lowest BCUT2D eigenvalue weighted by Gasteiger charge is -2.34. The van der Waals surface area contributed by atoms with E-state index >= 15 is 0 Å². The number of piperidine rings is 1. The topological polar surface area (TPSA) is 29.3 Å². The van der Waals surface area contributed by atoms with E-state index in [9.17, 15) is 0 Å². The molecule has 1 atom stereocenters. The zero-order valence-corrected chi connectivity index (χ0v) is 9.45. The van der Waals surface area contributed by atoms with Gasteiger partial charge in [-0.05, 0) is 30.9 Å². The fourth-order valence-electron chi connectivity index (χ4n) is 2.39. The lowest BCUT2D eigenvalue weighted by Crippen LogP contribution is -2.35. The van der Waals surface area contributed by atoms with Crippen molar-refractivity contribution >= 4 is 11.4 Å². The minimum atomic E-state index is 0.846. The molecule has 0 radical (unpaired) electrons. The molecule has 2 rings (SSSR count). The number of para-hydroxylation sites is 2. The van der Waals surface area contributed by atoms with Crippen molar-refractivity contribution in [2.24, 2.45) is 5.92 Å². The summed E-state index contributed by atoms with van der Waals surface area (Å²) in [6.45, 7) is 4.61. The first kappa shape index (κ1) is 10.3. The number of benzene rings is 1. The van der Waals surface area contributed by atoms with Crippen LogP contribution in [0, 0.1) is 5.92 Å². The number of nitrogens with two attached hydrogens (primary N) is 1. The maximum Gasteiger partial charge on any atom is 0.0600 e. The Morgan fingerprint density at radius 1 is 1.40 bits per heavy atom. The Kier molecular flexibility index (Phi) is 3.14. The van der Waals surface area contributed by atoms with Crippen LogP contribution in [-0.2, 0) is 0 Å². The van der Waals surface area contributed by atoms with Crippen molar-refractivity contribution < 1.29 is 0 Å².